The Kier molecular flexibility index (Phi) is 4.21. The molecule has 0 aliphatic carbocycles. The molecule has 1 amide bonds. The fourth-order valence-corrected chi connectivity index (χ4v) is 2.71. The zero-order valence-corrected chi connectivity index (χ0v) is 11.7. The number of benzene rings is 1. The lowest BCUT2D eigenvalue weighted by Crippen LogP contribution is -2.30. The maximum Gasteiger partial charge on any atom is 0.226 e. The van der Waals surface area contributed by atoms with Gasteiger partial charge >= 0.3 is 0 Å². The van der Waals surface area contributed by atoms with Crippen molar-refractivity contribution in [3.63, 3.8) is 0 Å². The Bertz CT molecular complexity index is 388. The minimum atomic E-state index is 0.261. The predicted octanol–water partition coefficient (Wildman–Crippen LogP) is 2.78. The molecule has 1 aliphatic heterocycles. The fourth-order valence-electron chi connectivity index (χ4n) is 2.18. The van der Waals surface area contributed by atoms with Crippen LogP contribution in [0.3, 0.4) is 0 Å². The van der Waals surface area contributed by atoms with E-state index < -0.39 is 0 Å². The first-order valence-electron chi connectivity index (χ1n) is 6.08. The third-order valence-electron chi connectivity index (χ3n) is 3.33. The topological polar surface area (TPSA) is 20.3 Å². The largest absolute Gasteiger partial charge is 0.342 e. The summed E-state index contributed by atoms with van der Waals surface area (Å²) in [6.45, 7) is 3.89. The van der Waals surface area contributed by atoms with Crippen LogP contribution in [0.2, 0.25) is 0 Å². The first kappa shape index (κ1) is 12.6. The Morgan fingerprint density at radius 3 is 2.71 bits per heavy atom. The number of likely N-dealkylation sites (tertiary alicyclic amines) is 1. The van der Waals surface area contributed by atoms with Gasteiger partial charge in [0.2, 0.25) is 5.91 Å². The lowest BCUT2D eigenvalue weighted by atomic mass is 10.1. The standard InChI is InChI=1S/C14H18BrNO/c1-11-2-4-12(5-3-11)8-14(17)16-7-6-13(9-15)10-16/h2-5,13H,6-10H2,1H3. The van der Waals surface area contributed by atoms with Gasteiger partial charge in [0, 0.05) is 18.4 Å². The van der Waals surface area contributed by atoms with E-state index in [-0.39, 0.29) is 5.91 Å². The van der Waals surface area contributed by atoms with E-state index in [4.69, 9.17) is 0 Å². The Hall–Kier alpha value is -0.830. The minimum Gasteiger partial charge on any atom is -0.342 e. The Morgan fingerprint density at radius 1 is 1.41 bits per heavy atom. The average molecular weight is 296 g/mol. The van der Waals surface area contributed by atoms with Crippen molar-refractivity contribution in [3.05, 3.63) is 35.4 Å². The second-order valence-corrected chi connectivity index (χ2v) is 5.46. The normalized spacial score (nSPS) is 19.6. The number of amides is 1. The summed E-state index contributed by atoms with van der Waals surface area (Å²) >= 11 is 3.49. The van der Waals surface area contributed by atoms with E-state index in [1.165, 1.54) is 5.56 Å². The Balaban J connectivity index is 1.91. The predicted molar refractivity (Wildman–Crippen MR) is 73.4 cm³/mol. The summed E-state index contributed by atoms with van der Waals surface area (Å²) in [6, 6.07) is 8.22. The lowest BCUT2D eigenvalue weighted by molar-refractivity contribution is -0.129. The third kappa shape index (κ3) is 3.32. The molecule has 1 heterocycles. The third-order valence-corrected chi connectivity index (χ3v) is 4.25. The summed E-state index contributed by atoms with van der Waals surface area (Å²) in [5, 5.41) is 1.00. The van der Waals surface area contributed by atoms with Crippen LogP contribution in [0.15, 0.2) is 24.3 Å². The molecule has 0 bridgehead atoms. The van der Waals surface area contributed by atoms with Crippen molar-refractivity contribution in [2.75, 3.05) is 18.4 Å². The number of carbonyl (C=O) groups is 1. The molecule has 1 aromatic rings. The molecule has 0 aromatic heterocycles. The highest BCUT2D eigenvalue weighted by molar-refractivity contribution is 9.09. The zero-order valence-electron chi connectivity index (χ0n) is 10.2. The summed E-state index contributed by atoms with van der Waals surface area (Å²) in [5.74, 6) is 0.897. The molecule has 1 unspecified atom stereocenters. The molecule has 1 aromatic carbocycles. The van der Waals surface area contributed by atoms with Gasteiger partial charge in [-0.3, -0.25) is 4.79 Å². The van der Waals surface area contributed by atoms with E-state index in [0.717, 1.165) is 30.4 Å². The van der Waals surface area contributed by atoms with Gasteiger partial charge in [0.15, 0.2) is 0 Å². The summed E-state index contributed by atoms with van der Waals surface area (Å²) in [7, 11) is 0. The van der Waals surface area contributed by atoms with Gasteiger partial charge in [-0.15, -0.1) is 0 Å². The second kappa shape index (κ2) is 5.67. The summed E-state index contributed by atoms with van der Waals surface area (Å²) in [4.78, 5) is 14.1. The Morgan fingerprint density at radius 2 is 2.12 bits per heavy atom. The lowest BCUT2D eigenvalue weighted by Gasteiger charge is -2.16. The van der Waals surface area contributed by atoms with Crippen LogP contribution < -0.4 is 0 Å². The molecule has 17 heavy (non-hydrogen) atoms. The molecule has 0 saturated carbocycles. The van der Waals surface area contributed by atoms with Crippen LogP contribution >= 0.6 is 15.9 Å². The van der Waals surface area contributed by atoms with Crippen molar-refractivity contribution in [1.82, 2.24) is 4.90 Å². The maximum atomic E-state index is 12.1. The van der Waals surface area contributed by atoms with Crippen LogP contribution in [0.4, 0.5) is 0 Å². The number of carbonyl (C=O) groups excluding carboxylic acids is 1. The molecule has 2 rings (SSSR count). The van der Waals surface area contributed by atoms with Gasteiger partial charge in [-0.25, -0.2) is 0 Å². The SMILES string of the molecule is Cc1ccc(CC(=O)N2CCC(CBr)C2)cc1. The van der Waals surface area contributed by atoms with Crippen LogP contribution in [0.5, 0.6) is 0 Å². The zero-order chi connectivity index (χ0) is 12.3. The number of rotatable bonds is 3. The quantitative estimate of drug-likeness (QED) is 0.785. The molecule has 0 N–H and O–H groups in total. The number of alkyl halides is 1. The van der Waals surface area contributed by atoms with Gasteiger partial charge in [0.1, 0.15) is 0 Å². The molecule has 1 fully saturated rings. The van der Waals surface area contributed by atoms with E-state index >= 15 is 0 Å². The monoisotopic (exact) mass is 295 g/mol. The van der Waals surface area contributed by atoms with E-state index in [2.05, 4.69) is 35.0 Å². The van der Waals surface area contributed by atoms with Gasteiger partial charge in [-0.2, -0.15) is 0 Å². The maximum absolute atomic E-state index is 12.1. The van der Waals surface area contributed by atoms with E-state index in [1.807, 2.05) is 17.0 Å². The molecule has 0 radical (unpaired) electrons. The van der Waals surface area contributed by atoms with Gasteiger partial charge in [-0.05, 0) is 24.8 Å². The van der Waals surface area contributed by atoms with Gasteiger partial charge in [-0.1, -0.05) is 45.8 Å². The fraction of sp³-hybridized carbons (Fsp3) is 0.500. The van der Waals surface area contributed by atoms with Crippen molar-refractivity contribution in [3.8, 4) is 0 Å². The Labute approximate surface area is 111 Å². The molecule has 1 atom stereocenters. The smallest absolute Gasteiger partial charge is 0.226 e. The van der Waals surface area contributed by atoms with Crippen molar-refractivity contribution < 1.29 is 4.79 Å². The van der Waals surface area contributed by atoms with Crippen LogP contribution in [0.1, 0.15) is 17.5 Å². The highest BCUT2D eigenvalue weighted by Gasteiger charge is 2.25. The first-order valence-corrected chi connectivity index (χ1v) is 7.20. The number of halogens is 1. The molecule has 1 aliphatic rings. The molecule has 2 nitrogen and oxygen atoms in total. The average Bonchev–Trinajstić information content (AvgIpc) is 2.81. The summed E-state index contributed by atoms with van der Waals surface area (Å²) in [5.41, 5.74) is 2.35. The van der Waals surface area contributed by atoms with E-state index in [0.29, 0.717) is 12.3 Å². The van der Waals surface area contributed by atoms with E-state index in [1.54, 1.807) is 0 Å². The molecule has 92 valence electrons. The molecule has 0 spiro atoms. The van der Waals surface area contributed by atoms with Crippen molar-refractivity contribution >= 4 is 21.8 Å². The number of hydrogen-bond acceptors (Lipinski definition) is 1. The molecular formula is C14H18BrNO. The molecular weight excluding hydrogens is 278 g/mol. The van der Waals surface area contributed by atoms with Crippen LogP contribution in [0.25, 0.3) is 0 Å². The summed E-state index contributed by atoms with van der Waals surface area (Å²) in [6.07, 6.45) is 1.67. The van der Waals surface area contributed by atoms with Crippen LogP contribution in [-0.4, -0.2) is 29.2 Å². The second-order valence-electron chi connectivity index (χ2n) is 4.81. The van der Waals surface area contributed by atoms with Gasteiger partial charge in [0.25, 0.3) is 0 Å². The van der Waals surface area contributed by atoms with Crippen molar-refractivity contribution in [2.45, 2.75) is 19.8 Å². The molecule has 3 heteroatoms. The van der Waals surface area contributed by atoms with Crippen LogP contribution in [0, 0.1) is 12.8 Å². The number of hydrogen-bond donors (Lipinski definition) is 0. The number of aryl methyl sites for hydroxylation is 1. The molecule has 1 saturated heterocycles. The van der Waals surface area contributed by atoms with Crippen LogP contribution in [-0.2, 0) is 11.2 Å². The highest BCUT2D eigenvalue weighted by Crippen LogP contribution is 2.19. The van der Waals surface area contributed by atoms with Gasteiger partial charge in [0.05, 0.1) is 6.42 Å². The summed E-state index contributed by atoms with van der Waals surface area (Å²) < 4.78 is 0. The van der Waals surface area contributed by atoms with Crippen molar-refractivity contribution in [2.24, 2.45) is 5.92 Å². The van der Waals surface area contributed by atoms with E-state index in [9.17, 15) is 4.79 Å². The minimum absolute atomic E-state index is 0.261. The van der Waals surface area contributed by atoms with Gasteiger partial charge < -0.3 is 4.90 Å². The van der Waals surface area contributed by atoms with Crippen molar-refractivity contribution in [1.29, 1.82) is 0 Å². The first-order chi connectivity index (χ1) is 8.19. The number of nitrogens with zero attached hydrogens (tertiary/aromatic N) is 1. The highest BCUT2D eigenvalue weighted by atomic mass is 79.9.